The maximum atomic E-state index is 11.9. The first kappa shape index (κ1) is 14.8. The van der Waals surface area contributed by atoms with Crippen LogP contribution in [0.3, 0.4) is 0 Å². The van der Waals surface area contributed by atoms with E-state index < -0.39 is 6.10 Å². The van der Waals surface area contributed by atoms with Gasteiger partial charge in [-0.25, -0.2) is 0 Å². The Morgan fingerprint density at radius 2 is 2.17 bits per heavy atom. The van der Waals surface area contributed by atoms with Gasteiger partial charge in [-0.2, -0.15) is 0 Å². The van der Waals surface area contributed by atoms with Crippen molar-refractivity contribution in [2.45, 2.75) is 46.8 Å². The van der Waals surface area contributed by atoms with Crippen molar-refractivity contribution >= 4 is 5.91 Å². The summed E-state index contributed by atoms with van der Waals surface area (Å²) in [5.74, 6) is -0.130. The quantitative estimate of drug-likeness (QED) is 0.842. The number of carbonyl (C=O) groups excluding carboxylic acids is 1. The van der Waals surface area contributed by atoms with Crippen molar-refractivity contribution in [2.24, 2.45) is 5.41 Å². The molecule has 0 spiro atoms. The van der Waals surface area contributed by atoms with Crippen LogP contribution in [0, 0.1) is 5.41 Å². The molecule has 1 atom stereocenters. The molecule has 0 saturated heterocycles. The molecule has 102 valence electrons. The zero-order chi connectivity index (χ0) is 13.8. The Hall–Kier alpha value is -1.29. The number of amides is 1. The Labute approximate surface area is 109 Å². The lowest BCUT2D eigenvalue weighted by Gasteiger charge is -2.22. The van der Waals surface area contributed by atoms with Crippen LogP contribution >= 0.6 is 0 Å². The normalized spacial score (nSPS) is 13.4. The summed E-state index contributed by atoms with van der Waals surface area (Å²) in [7, 11) is 0. The van der Waals surface area contributed by atoms with Gasteiger partial charge in [-0.15, -0.1) is 0 Å². The van der Waals surface area contributed by atoms with Crippen LogP contribution in [0.2, 0.25) is 0 Å². The third-order valence-corrected chi connectivity index (χ3v) is 2.75. The van der Waals surface area contributed by atoms with E-state index in [2.05, 4.69) is 26.1 Å². The van der Waals surface area contributed by atoms with Gasteiger partial charge in [0.2, 0.25) is 0 Å². The number of aliphatic hydroxyl groups excluding tert-OH is 1. The maximum absolute atomic E-state index is 11.9. The van der Waals surface area contributed by atoms with Crippen LogP contribution in [0.1, 0.15) is 44.6 Å². The van der Waals surface area contributed by atoms with E-state index >= 15 is 0 Å². The largest absolute Gasteiger partial charge is 0.391 e. The third-order valence-electron chi connectivity index (χ3n) is 2.75. The van der Waals surface area contributed by atoms with Crippen molar-refractivity contribution in [3.8, 4) is 0 Å². The molecule has 0 fully saturated rings. The van der Waals surface area contributed by atoms with Gasteiger partial charge < -0.3 is 15.0 Å². The average molecular weight is 252 g/mol. The molecule has 1 aromatic heterocycles. The van der Waals surface area contributed by atoms with Crippen LogP contribution in [0.15, 0.2) is 18.3 Å². The second kappa shape index (κ2) is 6.05. The van der Waals surface area contributed by atoms with Crippen molar-refractivity contribution in [1.82, 2.24) is 9.88 Å². The SMILES string of the molecule is CCn1cccc1C(=O)NCC(O)CC(C)(C)C. The minimum Gasteiger partial charge on any atom is -0.391 e. The highest BCUT2D eigenvalue weighted by atomic mass is 16.3. The molecule has 0 saturated carbocycles. The fraction of sp³-hybridized carbons (Fsp3) is 0.643. The molecule has 18 heavy (non-hydrogen) atoms. The molecule has 1 heterocycles. The van der Waals surface area contributed by atoms with Gasteiger partial charge >= 0.3 is 0 Å². The predicted octanol–water partition coefficient (Wildman–Crippen LogP) is 2.03. The van der Waals surface area contributed by atoms with E-state index in [0.29, 0.717) is 18.7 Å². The van der Waals surface area contributed by atoms with E-state index in [9.17, 15) is 9.90 Å². The van der Waals surface area contributed by atoms with Crippen LogP contribution in [-0.4, -0.2) is 28.2 Å². The molecule has 4 nitrogen and oxygen atoms in total. The fourth-order valence-electron chi connectivity index (χ4n) is 1.98. The highest BCUT2D eigenvalue weighted by molar-refractivity contribution is 5.92. The molecule has 1 rings (SSSR count). The predicted molar refractivity (Wildman–Crippen MR) is 72.5 cm³/mol. The Kier molecular flexibility index (Phi) is 4.96. The number of hydrogen-bond acceptors (Lipinski definition) is 2. The monoisotopic (exact) mass is 252 g/mol. The van der Waals surface area contributed by atoms with E-state index in [-0.39, 0.29) is 11.3 Å². The summed E-state index contributed by atoms with van der Waals surface area (Å²) in [4.78, 5) is 11.9. The van der Waals surface area contributed by atoms with E-state index in [1.807, 2.05) is 23.8 Å². The van der Waals surface area contributed by atoms with Gasteiger partial charge in [0.15, 0.2) is 0 Å². The summed E-state index contributed by atoms with van der Waals surface area (Å²) < 4.78 is 1.88. The minimum atomic E-state index is -0.501. The summed E-state index contributed by atoms with van der Waals surface area (Å²) in [6.45, 7) is 9.26. The topological polar surface area (TPSA) is 54.3 Å². The molecule has 0 bridgehead atoms. The van der Waals surface area contributed by atoms with Gasteiger partial charge in [0.1, 0.15) is 5.69 Å². The number of carbonyl (C=O) groups is 1. The van der Waals surface area contributed by atoms with E-state index in [1.54, 1.807) is 6.07 Å². The second-order valence-corrected chi connectivity index (χ2v) is 5.81. The highest BCUT2D eigenvalue weighted by Crippen LogP contribution is 2.20. The van der Waals surface area contributed by atoms with Crippen LogP contribution in [0.4, 0.5) is 0 Å². The Balaban J connectivity index is 2.47. The maximum Gasteiger partial charge on any atom is 0.267 e. The number of nitrogens with one attached hydrogen (secondary N) is 1. The van der Waals surface area contributed by atoms with Crippen LogP contribution < -0.4 is 5.32 Å². The molecule has 1 unspecified atom stereocenters. The number of hydrogen-bond donors (Lipinski definition) is 2. The molecule has 0 radical (unpaired) electrons. The molecule has 0 aliphatic heterocycles. The van der Waals surface area contributed by atoms with Crippen molar-refractivity contribution < 1.29 is 9.90 Å². The summed E-state index contributed by atoms with van der Waals surface area (Å²) >= 11 is 0. The van der Waals surface area contributed by atoms with Gasteiger partial charge in [-0.3, -0.25) is 4.79 Å². The number of aryl methyl sites for hydroxylation is 1. The summed E-state index contributed by atoms with van der Waals surface area (Å²) in [6.07, 6.45) is 2.04. The lowest BCUT2D eigenvalue weighted by Crippen LogP contribution is -2.35. The lowest BCUT2D eigenvalue weighted by atomic mass is 9.89. The Morgan fingerprint density at radius 1 is 1.50 bits per heavy atom. The van der Waals surface area contributed by atoms with E-state index in [1.165, 1.54) is 0 Å². The number of rotatable bonds is 5. The standard InChI is InChI=1S/C14H24N2O2/c1-5-16-8-6-7-12(16)13(18)15-10-11(17)9-14(2,3)4/h6-8,11,17H,5,9-10H2,1-4H3,(H,15,18). The molecule has 1 amide bonds. The number of aliphatic hydroxyl groups is 1. The van der Waals surface area contributed by atoms with Crippen molar-refractivity contribution in [3.63, 3.8) is 0 Å². The second-order valence-electron chi connectivity index (χ2n) is 5.81. The number of nitrogens with zero attached hydrogens (tertiary/aromatic N) is 1. The zero-order valence-electron chi connectivity index (χ0n) is 11.7. The van der Waals surface area contributed by atoms with Crippen LogP contribution in [-0.2, 0) is 6.54 Å². The lowest BCUT2D eigenvalue weighted by molar-refractivity contribution is 0.0860. The van der Waals surface area contributed by atoms with Crippen LogP contribution in [0.25, 0.3) is 0 Å². The summed E-state index contributed by atoms with van der Waals surface area (Å²) in [5.41, 5.74) is 0.703. The molecule has 2 N–H and O–H groups in total. The van der Waals surface area contributed by atoms with E-state index in [4.69, 9.17) is 0 Å². The minimum absolute atomic E-state index is 0.0633. The molecular weight excluding hydrogens is 228 g/mol. The first-order chi connectivity index (χ1) is 8.33. The Bertz CT molecular complexity index is 391. The molecule has 4 heteroatoms. The highest BCUT2D eigenvalue weighted by Gasteiger charge is 2.18. The van der Waals surface area contributed by atoms with Gasteiger partial charge in [0, 0.05) is 19.3 Å². The summed E-state index contributed by atoms with van der Waals surface area (Å²) in [6, 6.07) is 3.64. The number of aromatic nitrogens is 1. The van der Waals surface area contributed by atoms with Crippen molar-refractivity contribution in [1.29, 1.82) is 0 Å². The molecular formula is C14H24N2O2. The smallest absolute Gasteiger partial charge is 0.267 e. The zero-order valence-corrected chi connectivity index (χ0v) is 11.7. The fourth-order valence-corrected chi connectivity index (χ4v) is 1.98. The first-order valence-corrected chi connectivity index (χ1v) is 6.45. The van der Waals surface area contributed by atoms with E-state index in [0.717, 1.165) is 6.54 Å². The third kappa shape index (κ3) is 4.53. The average Bonchev–Trinajstić information content (AvgIpc) is 2.71. The molecule has 1 aromatic rings. The summed E-state index contributed by atoms with van der Waals surface area (Å²) in [5, 5.41) is 12.6. The van der Waals surface area contributed by atoms with Gasteiger partial charge in [-0.05, 0) is 30.9 Å². The van der Waals surface area contributed by atoms with Crippen molar-refractivity contribution in [3.05, 3.63) is 24.0 Å². The van der Waals surface area contributed by atoms with Gasteiger partial charge in [0.25, 0.3) is 5.91 Å². The van der Waals surface area contributed by atoms with Gasteiger partial charge in [0.05, 0.1) is 6.10 Å². The van der Waals surface area contributed by atoms with Crippen LogP contribution in [0.5, 0.6) is 0 Å². The van der Waals surface area contributed by atoms with Crippen molar-refractivity contribution in [2.75, 3.05) is 6.54 Å². The Morgan fingerprint density at radius 3 is 2.72 bits per heavy atom. The molecule has 0 aliphatic carbocycles. The van der Waals surface area contributed by atoms with Gasteiger partial charge in [-0.1, -0.05) is 20.8 Å². The molecule has 0 aliphatic rings. The molecule has 0 aromatic carbocycles. The first-order valence-electron chi connectivity index (χ1n) is 6.45.